The number of cyclic esters (lactones) is 1. The molecule has 3 heterocycles. The van der Waals surface area contributed by atoms with Crippen LogP contribution < -0.4 is 9.47 Å². The van der Waals surface area contributed by atoms with Crippen molar-refractivity contribution in [3.05, 3.63) is 82.8 Å². The third kappa shape index (κ3) is 4.29. The van der Waals surface area contributed by atoms with Crippen molar-refractivity contribution in [3.8, 4) is 11.6 Å². The molecule has 5 rings (SSSR count). The predicted molar refractivity (Wildman–Crippen MR) is 131 cm³/mol. The minimum Gasteiger partial charge on any atom is -0.488 e. The monoisotopic (exact) mass is 507 g/mol. The van der Waals surface area contributed by atoms with Gasteiger partial charge in [-0.25, -0.2) is 14.2 Å². The van der Waals surface area contributed by atoms with E-state index in [1.54, 1.807) is 50.4 Å². The number of carbonyl (C=O) groups is 1. The number of methoxy groups -OCH3 is 1. The van der Waals surface area contributed by atoms with Crippen molar-refractivity contribution in [3.63, 3.8) is 0 Å². The minimum atomic E-state index is -2.21. The molecule has 1 aliphatic rings. The van der Waals surface area contributed by atoms with Gasteiger partial charge >= 0.3 is 5.97 Å². The number of benzene rings is 2. The van der Waals surface area contributed by atoms with E-state index in [0.717, 1.165) is 17.8 Å². The zero-order valence-corrected chi connectivity index (χ0v) is 20.5. The fourth-order valence-corrected chi connectivity index (χ4v) is 4.67. The topological polar surface area (TPSA) is 104 Å². The fraction of sp³-hybridized carbons (Fsp3) is 0.231. The molecule has 10 heteroatoms. The zero-order chi connectivity index (χ0) is 25.4. The number of fused-ring (bicyclic) bond motifs is 1. The molecule has 0 fully saturated rings. The summed E-state index contributed by atoms with van der Waals surface area (Å²) >= 11 is 1.06. The van der Waals surface area contributed by atoms with E-state index in [9.17, 15) is 14.3 Å². The number of esters is 1. The number of hydrogen-bond acceptors (Lipinski definition) is 9. The van der Waals surface area contributed by atoms with Crippen LogP contribution in [0.5, 0.6) is 11.6 Å². The van der Waals surface area contributed by atoms with E-state index in [2.05, 4.69) is 13.7 Å². The lowest BCUT2D eigenvalue weighted by Gasteiger charge is -2.26. The standard InChI is InChI=1S/C26H22FN3O5S/c1-14(2)34-22-7-5-17(13-19(22)27)26(32)18(10-15-8-9-28-23(11-15)33-3)24(25(31)35-26)16-4-6-20-21(12-16)30-36-29-20/h4-9,11-14,32H,10H2,1-3H3. The van der Waals surface area contributed by atoms with E-state index in [4.69, 9.17) is 14.2 Å². The Kier molecular flexibility index (Phi) is 6.15. The van der Waals surface area contributed by atoms with Crippen molar-refractivity contribution in [2.45, 2.75) is 32.2 Å². The fourth-order valence-electron chi connectivity index (χ4n) is 4.15. The Morgan fingerprint density at radius 3 is 2.67 bits per heavy atom. The summed E-state index contributed by atoms with van der Waals surface area (Å²) in [6.45, 7) is 3.56. The first-order valence-electron chi connectivity index (χ1n) is 11.2. The van der Waals surface area contributed by atoms with Crippen LogP contribution >= 0.6 is 11.7 Å². The van der Waals surface area contributed by atoms with Gasteiger partial charge < -0.3 is 19.3 Å². The average molecular weight is 508 g/mol. The highest BCUT2D eigenvalue weighted by molar-refractivity contribution is 7.00. The lowest BCUT2D eigenvalue weighted by molar-refractivity contribution is -0.185. The maximum Gasteiger partial charge on any atom is 0.342 e. The van der Waals surface area contributed by atoms with Gasteiger partial charge in [-0.3, -0.25) is 0 Å². The Morgan fingerprint density at radius 1 is 1.11 bits per heavy atom. The molecule has 0 saturated carbocycles. The molecule has 1 unspecified atom stereocenters. The van der Waals surface area contributed by atoms with E-state index in [0.29, 0.717) is 28.0 Å². The van der Waals surface area contributed by atoms with Gasteiger partial charge in [0.15, 0.2) is 11.6 Å². The highest BCUT2D eigenvalue weighted by Gasteiger charge is 2.48. The van der Waals surface area contributed by atoms with Crippen molar-refractivity contribution >= 4 is 34.3 Å². The molecule has 8 nitrogen and oxygen atoms in total. The smallest absolute Gasteiger partial charge is 0.342 e. The maximum atomic E-state index is 14.9. The third-order valence-corrected chi connectivity index (χ3v) is 6.33. The number of rotatable bonds is 7. The van der Waals surface area contributed by atoms with Crippen LogP contribution in [-0.4, -0.2) is 38.0 Å². The maximum absolute atomic E-state index is 14.9. The van der Waals surface area contributed by atoms with Gasteiger partial charge in [-0.15, -0.1) is 0 Å². The summed E-state index contributed by atoms with van der Waals surface area (Å²) in [7, 11) is 1.50. The van der Waals surface area contributed by atoms with Crippen LogP contribution in [0, 0.1) is 5.82 Å². The molecule has 0 saturated heterocycles. The van der Waals surface area contributed by atoms with Crippen LogP contribution in [0.4, 0.5) is 4.39 Å². The lowest BCUT2D eigenvalue weighted by atomic mass is 9.88. The van der Waals surface area contributed by atoms with Crippen molar-refractivity contribution in [2.24, 2.45) is 0 Å². The molecule has 36 heavy (non-hydrogen) atoms. The van der Waals surface area contributed by atoms with Gasteiger partial charge in [-0.2, -0.15) is 8.75 Å². The number of pyridine rings is 1. The second kappa shape index (κ2) is 9.29. The highest BCUT2D eigenvalue weighted by Crippen LogP contribution is 2.45. The largest absolute Gasteiger partial charge is 0.488 e. The van der Waals surface area contributed by atoms with E-state index in [1.807, 2.05) is 0 Å². The van der Waals surface area contributed by atoms with Crippen molar-refractivity contribution in [1.82, 2.24) is 13.7 Å². The van der Waals surface area contributed by atoms with E-state index in [-0.39, 0.29) is 35.0 Å². The Hall–Kier alpha value is -3.89. The average Bonchev–Trinajstić information content (AvgIpc) is 3.42. The Balaban J connectivity index is 1.67. The van der Waals surface area contributed by atoms with Crippen LogP contribution in [0.15, 0.2) is 60.3 Å². The number of halogens is 1. The lowest BCUT2D eigenvalue weighted by Crippen LogP contribution is -2.30. The van der Waals surface area contributed by atoms with Crippen molar-refractivity contribution in [1.29, 1.82) is 0 Å². The van der Waals surface area contributed by atoms with Crippen molar-refractivity contribution < 1.29 is 28.5 Å². The van der Waals surface area contributed by atoms with Crippen LogP contribution in [-0.2, 0) is 21.7 Å². The first kappa shape index (κ1) is 23.8. The summed E-state index contributed by atoms with van der Waals surface area (Å²) in [6, 6.07) is 12.6. The van der Waals surface area contributed by atoms with Crippen LogP contribution in [0.2, 0.25) is 0 Å². The molecule has 0 radical (unpaired) electrons. The van der Waals surface area contributed by atoms with Crippen LogP contribution in [0.1, 0.15) is 30.5 Å². The summed E-state index contributed by atoms with van der Waals surface area (Å²) < 4.78 is 39.6. The van der Waals surface area contributed by atoms with Gasteiger partial charge in [0.25, 0.3) is 5.79 Å². The zero-order valence-electron chi connectivity index (χ0n) is 19.7. The first-order valence-corrected chi connectivity index (χ1v) is 11.9. The van der Waals surface area contributed by atoms with E-state index < -0.39 is 17.6 Å². The summed E-state index contributed by atoms with van der Waals surface area (Å²) in [5, 5.41) is 11.8. The van der Waals surface area contributed by atoms with Gasteiger partial charge in [0.1, 0.15) is 11.0 Å². The van der Waals surface area contributed by atoms with Gasteiger partial charge in [-0.05, 0) is 61.4 Å². The number of carbonyl (C=O) groups excluding carboxylic acids is 1. The Labute approximate surface area is 210 Å². The highest BCUT2D eigenvalue weighted by atomic mass is 32.1. The third-order valence-electron chi connectivity index (χ3n) is 5.77. The summed E-state index contributed by atoms with van der Waals surface area (Å²) in [5.74, 6) is -3.22. The number of aromatic nitrogens is 3. The Bertz CT molecular complexity index is 1500. The second-order valence-corrected chi connectivity index (χ2v) is 9.08. The molecule has 0 amide bonds. The molecular weight excluding hydrogens is 485 g/mol. The van der Waals surface area contributed by atoms with E-state index in [1.165, 1.54) is 19.2 Å². The molecule has 2 aromatic heterocycles. The molecule has 1 N–H and O–H groups in total. The first-order chi connectivity index (χ1) is 17.3. The van der Waals surface area contributed by atoms with E-state index >= 15 is 0 Å². The van der Waals surface area contributed by atoms with Crippen LogP contribution in [0.3, 0.4) is 0 Å². The van der Waals surface area contributed by atoms with Crippen LogP contribution in [0.25, 0.3) is 16.6 Å². The molecule has 0 bridgehead atoms. The molecule has 1 aliphatic heterocycles. The molecule has 1 atom stereocenters. The number of aliphatic hydroxyl groups is 1. The number of hydrogen-bond donors (Lipinski definition) is 1. The van der Waals surface area contributed by atoms with Gasteiger partial charge in [-0.1, -0.05) is 6.07 Å². The minimum absolute atomic E-state index is 0.0350. The van der Waals surface area contributed by atoms with Gasteiger partial charge in [0, 0.05) is 29.8 Å². The molecule has 184 valence electrons. The van der Waals surface area contributed by atoms with Crippen molar-refractivity contribution in [2.75, 3.05) is 7.11 Å². The molecule has 0 spiro atoms. The normalized spacial score (nSPS) is 17.7. The summed E-state index contributed by atoms with van der Waals surface area (Å²) in [5.41, 5.74) is 3.00. The second-order valence-electron chi connectivity index (χ2n) is 8.55. The quantitative estimate of drug-likeness (QED) is 0.367. The summed E-state index contributed by atoms with van der Waals surface area (Å²) in [6.07, 6.45) is 1.43. The predicted octanol–water partition coefficient (Wildman–Crippen LogP) is 4.42. The van der Waals surface area contributed by atoms with Gasteiger partial charge in [0.05, 0.1) is 30.5 Å². The number of ether oxygens (including phenoxy) is 3. The number of nitrogens with zero attached hydrogens (tertiary/aromatic N) is 3. The SMILES string of the molecule is COc1cc(CC2=C(c3ccc4nsnc4c3)C(=O)OC2(O)c2ccc(OC(C)C)c(F)c2)ccn1. The molecule has 4 aromatic rings. The Morgan fingerprint density at radius 2 is 1.92 bits per heavy atom. The molecule has 0 aliphatic carbocycles. The molecular formula is C26H22FN3O5S. The summed E-state index contributed by atoms with van der Waals surface area (Å²) in [4.78, 5) is 17.3. The molecule has 2 aromatic carbocycles. The van der Waals surface area contributed by atoms with Gasteiger partial charge in [0.2, 0.25) is 5.88 Å².